The number of sulfonamides is 1. The average molecular weight is 291 g/mol. The molecule has 7 heteroatoms. The lowest BCUT2D eigenvalue weighted by atomic mass is 10.3. The molecule has 100 valence electrons. The van der Waals surface area contributed by atoms with E-state index in [-0.39, 0.29) is 10.8 Å². The molecular weight excluding hydrogens is 276 g/mol. The Morgan fingerprint density at radius 2 is 2.00 bits per heavy atom. The van der Waals surface area contributed by atoms with Crippen LogP contribution in [0.5, 0.6) is 0 Å². The second-order valence-corrected chi connectivity index (χ2v) is 6.73. The van der Waals surface area contributed by atoms with Gasteiger partial charge in [0.1, 0.15) is 5.38 Å². The Hall–Kier alpha value is -1.11. The summed E-state index contributed by atoms with van der Waals surface area (Å²) in [5.41, 5.74) is 0.399. The van der Waals surface area contributed by atoms with Crippen molar-refractivity contribution in [3.05, 3.63) is 24.3 Å². The van der Waals surface area contributed by atoms with E-state index in [4.69, 9.17) is 11.6 Å². The van der Waals surface area contributed by atoms with Crippen LogP contribution in [0.3, 0.4) is 0 Å². The van der Waals surface area contributed by atoms with Crippen LogP contribution in [0, 0.1) is 0 Å². The van der Waals surface area contributed by atoms with Gasteiger partial charge in [-0.25, -0.2) is 12.7 Å². The van der Waals surface area contributed by atoms with Gasteiger partial charge in [0.25, 0.3) is 0 Å². The third-order valence-electron chi connectivity index (χ3n) is 2.24. The molecule has 0 bridgehead atoms. The second kappa shape index (κ2) is 5.69. The first-order valence-corrected chi connectivity index (χ1v) is 7.10. The fraction of sp³-hybridized carbons (Fsp3) is 0.364. The first-order chi connectivity index (χ1) is 8.25. The summed E-state index contributed by atoms with van der Waals surface area (Å²) in [6.07, 6.45) is 0. The number of halogens is 1. The Balaban J connectivity index is 3.04. The number of rotatable bonds is 4. The molecular formula is C11H15ClN2O3S. The van der Waals surface area contributed by atoms with E-state index in [1.165, 1.54) is 33.2 Å². The molecule has 1 atom stereocenters. The van der Waals surface area contributed by atoms with Crippen LogP contribution in [0.25, 0.3) is 0 Å². The molecule has 0 aliphatic carbocycles. The van der Waals surface area contributed by atoms with Crippen molar-refractivity contribution in [1.82, 2.24) is 4.31 Å². The number of hydrogen-bond acceptors (Lipinski definition) is 3. The number of carbonyl (C=O) groups excluding carboxylic acids is 1. The molecule has 0 spiro atoms. The van der Waals surface area contributed by atoms with E-state index in [0.29, 0.717) is 5.69 Å². The van der Waals surface area contributed by atoms with E-state index in [1.54, 1.807) is 12.1 Å². The molecule has 1 aromatic carbocycles. The van der Waals surface area contributed by atoms with Gasteiger partial charge in [-0.1, -0.05) is 6.07 Å². The van der Waals surface area contributed by atoms with Gasteiger partial charge in [-0.15, -0.1) is 11.6 Å². The van der Waals surface area contributed by atoms with E-state index in [0.717, 1.165) is 4.31 Å². The van der Waals surface area contributed by atoms with Crippen molar-refractivity contribution in [1.29, 1.82) is 0 Å². The monoisotopic (exact) mass is 290 g/mol. The smallest absolute Gasteiger partial charge is 0.242 e. The fourth-order valence-electron chi connectivity index (χ4n) is 1.19. The minimum atomic E-state index is -3.51. The van der Waals surface area contributed by atoms with Gasteiger partial charge in [-0.2, -0.15) is 0 Å². The van der Waals surface area contributed by atoms with Crippen LogP contribution < -0.4 is 5.32 Å². The number of benzene rings is 1. The van der Waals surface area contributed by atoms with Crippen molar-refractivity contribution in [3.63, 3.8) is 0 Å². The minimum absolute atomic E-state index is 0.118. The van der Waals surface area contributed by atoms with Crippen LogP contribution in [0.2, 0.25) is 0 Å². The molecule has 0 aromatic heterocycles. The van der Waals surface area contributed by atoms with Crippen LogP contribution in [0.1, 0.15) is 6.92 Å². The third kappa shape index (κ3) is 3.44. The Bertz CT molecular complexity index is 541. The van der Waals surface area contributed by atoms with Crippen molar-refractivity contribution in [2.45, 2.75) is 17.2 Å². The van der Waals surface area contributed by atoms with Crippen molar-refractivity contribution in [3.8, 4) is 0 Å². The topological polar surface area (TPSA) is 66.5 Å². The van der Waals surface area contributed by atoms with Crippen LogP contribution in [0.4, 0.5) is 5.69 Å². The number of amides is 1. The van der Waals surface area contributed by atoms with Crippen molar-refractivity contribution >= 4 is 33.2 Å². The van der Waals surface area contributed by atoms with Gasteiger partial charge >= 0.3 is 0 Å². The van der Waals surface area contributed by atoms with Crippen LogP contribution in [-0.2, 0) is 14.8 Å². The Labute approximate surface area is 112 Å². The van der Waals surface area contributed by atoms with E-state index in [9.17, 15) is 13.2 Å². The Kier molecular flexibility index (Phi) is 4.72. The molecule has 0 heterocycles. The molecule has 0 saturated carbocycles. The van der Waals surface area contributed by atoms with Gasteiger partial charge in [0.2, 0.25) is 15.9 Å². The second-order valence-electron chi connectivity index (χ2n) is 3.92. The predicted octanol–water partition coefficient (Wildman–Crippen LogP) is 1.50. The number of anilines is 1. The lowest BCUT2D eigenvalue weighted by molar-refractivity contribution is -0.115. The van der Waals surface area contributed by atoms with Gasteiger partial charge in [-0.05, 0) is 25.1 Å². The first-order valence-electron chi connectivity index (χ1n) is 5.22. The van der Waals surface area contributed by atoms with Crippen LogP contribution in [0.15, 0.2) is 29.2 Å². The highest BCUT2D eigenvalue weighted by atomic mass is 35.5. The zero-order valence-electron chi connectivity index (χ0n) is 10.3. The quantitative estimate of drug-likeness (QED) is 0.855. The average Bonchev–Trinajstić information content (AvgIpc) is 2.28. The van der Waals surface area contributed by atoms with Gasteiger partial charge < -0.3 is 5.32 Å². The fourth-order valence-corrected chi connectivity index (χ4v) is 2.19. The molecule has 1 amide bonds. The summed E-state index contributed by atoms with van der Waals surface area (Å²) in [6.45, 7) is 1.54. The molecule has 1 aromatic rings. The number of nitrogens with one attached hydrogen (secondary N) is 1. The SMILES string of the molecule is C[C@@H](Cl)C(=O)Nc1cccc(S(=O)(=O)N(C)C)c1. The number of alkyl halides is 1. The predicted molar refractivity (Wildman–Crippen MR) is 71.3 cm³/mol. The highest BCUT2D eigenvalue weighted by Crippen LogP contribution is 2.18. The van der Waals surface area contributed by atoms with Crippen LogP contribution >= 0.6 is 11.6 Å². The van der Waals surface area contributed by atoms with Crippen molar-refractivity contribution < 1.29 is 13.2 Å². The third-order valence-corrected chi connectivity index (χ3v) is 4.25. The maximum Gasteiger partial charge on any atom is 0.242 e. The zero-order valence-corrected chi connectivity index (χ0v) is 11.9. The molecule has 18 heavy (non-hydrogen) atoms. The maximum absolute atomic E-state index is 11.9. The van der Waals surface area contributed by atoms with E-state index in [2.05, 4.69) is 5.32 Å². The molecule has 1 N–H and O–H groups in total. The highest BCUT2D eigenvalue weighted by molar-refractivity contribution is 7.89. The molecule has 0 saturated heterocycles. The summed E-state index contributed by atoms with van der Waals surface area (Å²) in [5.74, 6) is -0.379. The molecule has 0 unspecified atom stereocenters. The number of nitrogens with zero attached hydrogens (tertiary/aromatic N) is 1. The minimum Gasteiger partial charge on any atom is -0.325 e. The zero-order chi connectivity index (χ0) is 13.9. The largest absolute Gasteiger partial charge is 0.325 e. The van der Waals surface area contributed by atoms with Crippen molar-refractivity contribution in [2.24, 2.45) is 0 Å². The number of carbonyl (C=O) groups is 1. The Morgan fingerprint density at radius 1 is 1.39 bits per heavy atom. The summed E-state index contributed by atoms with van der Waals surface area (Å²) in [5, 5.41) is 1.86. The van der Waals surface area contributed by atoms with Gasteiger partial charge in [-0.3, -0.25) is 4.79 Å². The molecule has 0 fully saturated rings. The summed E-state index contributed by atoms with van der Waals surface area (Å²) in [6, 6.07) is 6.03. The summed E-state index contributed by atoms with van der Waals surface area (Å²) >= 11 is 5.62. The van der Waals surface area contributed by atoms with Crippen LogP contribution in [-0.4, -0.2) is 38.1 Å². The normalized spacial score (nSPS) is 13.4. The lowest BCUT2D eigenvalue weighted by Gasteiger charge is -2.13. The number of hydrogen-bond donors (Lipinski definition) is 1. The van der Waals surface area contributed by atoms with E-state index < -0.39 is 15.4 Å². The van der Waals surface area contributed by atoms with Gasteiger partial charge in [0.05, 0.1) is 4.90 Å². The Morgan fingerprint density at radius 3 is 2.50 bits per heavy atom. The first kappa shape index (κ1) is 14.9. The maximum atomic E-state index is 11.9. The molecule has 5 nitrogen and oxygen atoms in total. The van der Waals surface area contributed by atoms with E-state index >= 15 is 0 Å². The molecule has 0 aliphatic heterocycles. The van der Waals surface area contributed by atoms with Gasteiger partial charge in [0.15, 0.2) is 0 Å². The standard InChI is InChI=1S/C11H15ClN2O3S/c1-8(12)11(15)13-9-5-4-6-10(7-9)18(16,17)14(2)3/h4-8H,1-3H3,(H,13,15)/t8-/m1/s1. The van der Waals surface area contributed by atoms with Crippen molar-refractivity contribution in [2.75, 3.05) is 19.4 Å². The molecule has 0 aliphatic rings. The summed E-state index contributed by atoms with van der Waals surface area (Å²) in [7, 11) is -0.615. The summed E-state index contributed by atoms with van der Waals surface area (Å²) in [4.78, 5) is 11.5. The summed E-state index contributed by atoms with van der Waals surface area (Å²) < 4.78 is 24.9. The molecule has 1 rings (SSSR count). The molecule has 0 radical (unpaired) electrons. The highest BCUT2D eigenvalue weighted by Gasteiger charge is 2.18. The van der Waals surface area contributed by atoms with E-state index in [1.807, 2.05) is 0 Å². The van der Waals surface area contributed by atoms with Gasteiger partial charge in [0, 0.05) is 19.8 Å². The lowest BCUT2D eigenvalue weighted by Crippen LogP contribution is -2.23.